The van der Waals surface area contributed by atoms with Gasteiger partial charge < -0.3 is 20.5 Å². The number of halogens is 1. The number of carbonyl (C=O) groups excluding carboxylic acids is 1. The molecular weight excluding hydrogens is 432 g/mol. The van der Waals surface area contributed by atoms with Crippen molar-refractivity contribution in [2.45, 2.75) is 6.54 Å². The van der Waals surface area contributed by atoms with Gasteiger partial charge in [-0.1, -0.05) is 30.3 Å². The van der Waals surface area contributed by atoms with Crippen LogP contribution in [0, 0.1) is 0 Å². The predicted octanol–water partition coefficient (Wildman–Crippen LogP) is 2.32. The fraction of sp³-hybridized carbons (Fsp3) is 0.167. The average Bonchev–Trinajstić information content (AvgIpc) is 2.65. The highest BCUT2D eigenvalue weighted by Crippen LogP contribution is 2.36. The Labute approximate surface area is 171 Å². The van der Waals surface area contributed by atoms with E-state index in [-0.39, 0.29) is 17.6 Å². The maximum Gasteiger partial charge on any atom is 0.258 e. The Bertz CT molecular complexity index is 831. The lowest BCUT2D eigenvalue weighted by Crippen LogP contribution is -2.28. The summed E-state index contributed by atoms with van der Waals surface area (Å²) in [5, 5.41) is 6.76. The third-order valence-electron chi connectivity index (χ3n) is 3.32. The number of hydrogen-bond acceptors (Lipinski definition) is 5. The molecule has 2 aromatic carbocycles. The molecule has 0 aromatic heterocycles. The molecule has 4 N–H and O–H groups in total. The second-order valence-electron chi connectivity index (χ2n) is 5.32. The van der Waals surface area contributed by atoms with Gasteiger partial charge in [-0.05, 0) is 51.4 Å². The highest BCUT2D eigenvalue weighted by molar-refractivity contribution is 9.10. The van der Waals surface area contributed by atoms with Crippen molar-refractivity contribution in [3.05, 3.63) is 58.1 Å². The first-order valence-corrected chi connectivity index (χ1v) is 9.09. The second kappa shape index (κ2) is 10.5. The third-order valence-corrected chi connectivity index (χ3v) is 4.00. The van der Waals surface area contributed by atoms with E-state index in [1.807, 2.05) is 30.3 Å². The number of benzene rings is 2. The summed E-state index contributed by atoms with van der Waals surface area (Å²) >= 11 is 8.09. The average molecular weight is 451 g/mol. The Balaban J connectivity index is 1.97. The number of nitrogens with zero attached hydrogens (tertiary/aromatic N) is 1. The van der Waals surface area contributed by atoms with E-state index in [4.69, 9.17) is 15.2 Å². The Morgan fingerprint density at radius 2 is 2.07 bits per heavy atom. The van der Waals surface area contributed by atoms with Gasteiger partial charge in [-0.15, -0.1) is 0 Å². The smallest absolute Gasteiger partial charge is 0.258 e. The van der Waals surface area contributed by atoms with Crippen molar-refractivity contribution in [3.63, 3.8) is 0 Å². The van der Waals surface area contributed by atoms with Gasteiger partial charge in [0.25, 0.3) is 5.91 Å². The molecular formula is C18H19BrN4O3S. The lowest BCUT2D eigenvalue weighted by molar-refractivity contribution is -0.123. The number of nitrogens with two attached hydrogens (primary N) is 1. The second-order valence-corrected chi connectivity index (χ2v) is 6.61. The molecule has 0 saturated heterocycles. The van der Waals surface area contributed by atoms with Crippen LogP contribution in [-0.4, -0.2) is 31.0 Å². The molecule has 0 aliphatic heterocycles. The van der Waals surface area contributed by atoms with Gasteiger partial charge >= 0.3 is 0 Å². The number of nitrogens with one attached hydrogen (secondary N) is 2. The molecule has 0 aliphatic rings. The largest absolute Gasteiger partial charge is 0.493 e. The summed E-state index contributed by atoms with van der Waals surface area (Å²) in [5.41, 5.74) is 9.52. The van der Waals surface area contributed by atoms with Crippen LogP contribution in [0.25, 0.3) is 0 Å². The highest BCUT2D eigenvalue weighted by Gasteiger charge is 2.13. The summed E-state index contributed by atoms with van der Waals surface area (Å²) in [5.74, 6) is 0.642. The van der Waals surface area contributed by atoms with Gasteiger partial charge in [-0.3, -0.25) is 10.2 Å². The zero-order valence-electron chi connectivity index (χ0n) is 14.6. The summed E-state index contributed by atoms with van der Waals surface area (Å²) < 4.78 is 11.6. The number of ether oxygens (including phenoxy) is 2. The van der Waals surface area contributed by atoms with Crippen molar-refractivity contribution in [1.29, 1.82) is 0 Å². The van der Waals surface area contributed by atoms with Crippen molar-refractivity contribution < 1.29 is 14.3 Å². The number of hydrazone groups is 1. The minimum absolute atomic E-state index is 0.0683. The molecule has 0 fully saturated rings. The van der Waals surface area contributed by atoms with Crippen LogP contribution in [-0.2, 0) is 11.3 Å². The van der Waals surface area contributed by atoms with Crippen LogP contribution in [0.1, 0.15) is 11.1 Å². The molecule has 2 aromatic rings. The van der Waals surface area contributed by atoms with E-state index in [1.54, 1.807) is 12.1 Å². The van der Waals surface area contributed by atoms with Gasteiger partial charge in [-0.2, -0.15) is 5.10 Å². The Morgan fingerprint density at radius 1 is 1.33 bits per heavy atom. The molecule has 1 amide bonds. The molecule has 0 unspecified atom stereocenters. The summed E-state index contributed by atoms with van der Waals surface area (Å²) in [4.78, 5) is 12.0. The molecule has 0 radical (unpaired) electrons. The molecule has 0 saturated carbocycles. The number of hydrogen-bond donors (Lipinski definition) is 3. The van der Waals surface area contributed by atoms with Crippen LogP contribution >= 0.6 is 28.1 Å². The summed E-state index contributed by atoms with van der Waals surface area (Å²) in [6.45, 7) is 0.297. The van der Waals surface area contributed by atoms with Crippen LogP contribution in [0.5, 0.6) is 11.5 Å². The first-order valence-electron chi connectivity index (χ1n) is 7.89. The SMILES string of the molecule is COc1cc(C=NNC(N)=S)cc(Br)c1OCC(=O)NCc1ccccc1. The van der Waals surface area contributed by atoms with Crippen molar-refractivity contribution in [2.24, 2.45) is 10.8 Å². The van der Waals surface area contributed by atoms with E-state index >= 15 is 0 Å². The minimum Gasteiger partial charge on any atom is -0.493 e. The fourth-order valence-electron chi connectivity index (χ4n) is 2.11. The Morgan fingerprint density at radius 3 is 2.74 bits per heavy atom. The standard InChI is InChI=1S/C18H19BrN4O3S/c1-25-15-8-13(10-22-23-18(20)27)7-14(19)17(15)26-11-16(24)21-9-12-5-3-2-4-6-12/h2-8,10H,9,11H2,1H3,(H,21,24)(H3,20,23,27). The minimum atomic E-state index is -0.237. The topological polar surface area (TPSA) is 98.0 Å². The zero-order chi connectivity index (χ0) is 19.6. The predicted molar refractivity (Wildman–Crippen MR) is 112 cm³/mol. The van der Waals surface area contributed by atoms with Gasteiger partial charge in [0.05, 0.1) is 17.8 Å². The van der Waals surface area contributed by atoms with Crippen molar-refractivity contribution in [1.82, 2.24) is 10.7 Å². The molecule has 2 rings (SSSR count). The Hall–Kier alpha value is -2.65. The van der Waals surface area contributed by atoms with Crippen LogP contribution in [0.3, 0.4) is 0 Å². The van der Waals surface area contributed by atoms with Crippen LogP contribution in [0.15, 0.2) is 52.0 Å². The molecule has 0 heterocycles. The van der Waals surface area contributed by atoms with Gasteiger partial charge in [0.2, 0.25) is 0 Å². The molecule has 0 aliphatic carbocycles. The Kier molecular flexibility index (Phi) is 8.02. The molecule has 27 heavy (non-hydrogen) atoms. The molecule has 0 spiro atoms. The van der Waals surface area contributed by atoms with E-state index < -0.39 is 0 Å². The fourth-order valence-corrected chi connectivity index (χ4v) is 2.74. The normalized spacial score (nSPS) is 10.4. The first-order chi connectivity index (χ1) is 13.0. The third kappa shape index (κ3) is 6.87. The van der Waals surface area contributed by atoms with Crippen molar-refractivity contribution in [3.8, 4) is 11.5 Å². The highest BCUT2D eigenvalue weighted by atomic mass is 79.9. The number of rotatable bonds is 8. The van der Waals surface area contributed by atoms with E-state index in [2.05, 4.69) is 44.0 Å². The van der Waals surface area contributed by atoms with Crippen molar-refractivity contribution >= 4 is 45.4 Å². The zero-order valence-corrected chi connectivity index (χ0v) is 17.0. The monoisotopic (exact) mass is 450 g/mol. The van der Waals surface area contributed by atoms with E-state index in [9.17, 15) is 4.79 Å². The first kappa shape index (κ1) is 20.7. The van der Waals surface area contributed by atoms with Gasteiger partial charge in [0, 0.05) is 6.54 Å². The van der Waals surface area contributed by atoms with Crippen LogP contribution in [0.2, 0.25) is 0 Å². The quantitative estimate of drug-likeness (QED) is 0.324. The molecule has 7 nitrogen and oxygen atoms in total. The lowest BCUT2D eigenvalue weighted by Gasteiger charge is -2.13. The summed E-state index contributed by atoms with van der Waals surface area (Å²) in [6, 6.07) is 13.1. The number of thiocarbonyl (C=S) groups is 1. The number of amides is 1. The molecule has 0 atom stereocenters. The van der Waals surface area contributed by atoms with E-state index in [1.165, 1.54) is 13.3 Å². The molecule has 9 heteroatoms. The van der Waals surface area contributed by atoms with E-state index in [0.29, 0.717) is 22.5 Å². The maximum atomic E-state index is 12.0. The molecule has 0 bridgehead atoms. The van der Waals surface area contributed by atoms with Gasteiger partial charge in [-0.25, -0.2) is 0 Å². The van der Waals surface area contributed by atoms with Crippen LogP contribution in [0.4, 0.5) is 0 Å². The van der Waals surface area contributed by atoms with Gasteiger partial charge in [0.1, 0.15) is 0 Å². The summed E-state index contributed by atoms with van der Waals surface area (Å²) in [7, 11) is 1.51. The maximum absolute atomic E-state index is 12.0. The van der Waals surface area contributed by atoms with Gasteiger partial charge in [0.15, 0.2) is 23.2 Å². The lowest BCUT2D eigenvalue weighted by atomic mass is 10.2. The van der Waals surface area contributed by atoms with Crippen LogP contribution < -0.4 is 25.9 Å². The molecule has 142 valence electrons. The number of methoxy groups -OCH3 is 1. The van der Waals surface area contributed by atoms with Crippen molar-refractivity contribution in [2.75, 3.05) is 13.7 Å². The number of carbonyl (C=O) groups is 1. The summed E-state index contributed by atoms with van der Waals surface area (Å²) in [6.07, 6.45) is 1.53. The van der Waals surface area contributed by atoms with E-state index in [0.717, 1.165) is 11.1 Å².